The fraction of sp³-hybridized carbons (Fsp3) is 0.800. The number of hydrogen-bond donors (Lipinski definition) is 1. The second kappa shape index (κ2) is 6.21. The second-order valence-electron chi connectivity index (χ2n) is 3.16. The van der Waals surface area contributed by atoms with Gasteiger partial charge in [0.25, 0.3) is 0 Å². The van der Waals surface area contributed by atoms with Gasteiger partial charge in [-0.15, -0.1) is 0 Å². The molecule has 72 valence electrons. The zero-order valence-electron chi connectivity index (χ0n) is 8.63. The molecule has 0 radical (unpaired) electrons. The van der Waals surface area contributed by atoms with E-state index < -0.39 is 0 Å². The van der Waals surface area contributed by atoms with Crippen LogP contribution in [-0.4, -0.2) is 18.8 Å². The van der Waals surface area contributed by atoms with Gasteiger partial charge in [0.05, 0.1) is 6.10 Å². The average Bonchev–Trinajstić information content (AvgIpc) is 2.04. The van der Waals surface area contributed by atoms with Crippen molar-refractivity contribution in [1.29, 1.82) is 0 Å². The number of rotatable bonds is 5. The predicted octanol–water partition coefficient (Wildman–Crippen LogP) is 2.09. The minimum absolute atomic E-state index is 0.126. The van der Waals surface area contributed by atoms with Crippen LogP contribution in [0.1, 0.15) is 34.1 Å². The molecule has 0 aliphatic carbocycles. The minimum atomic E-state index is 0.126. The first kappa shape index (κ1) is 11.7. The minimum Gasteiger partial charge on any atom is -0.377 e. The van der Waals surface area contributed by atoms with Crippen LogP contribution in [0.2, 0.25) is 0 Å². The Morgan fingerprint density at radius 1 is 1.58 bits per heavy atom. The van der Waals surface area contributed by atoms with E-state index in [0.717, 1.165) is 13.0 Å². The molecule has 0 unspecified atom stereocenters. The van der Waals surface area contributed by atoms with Gasteiger partial charge < -0.3 is 10.5 Å². The van der Waals surface area contributed by atoms with Crippen LogP contribution in [0.15, 0.2) is 11.6 Å². The number of hydrogen-bond acceptors (Lipinski definition) is 2. The SMILES string of the molecule is C/C=C(\C)C[C@@H](N)[C@H](C)OCC. The van der Waals surface area contributed by atoms with E-state index in [1.165, 1.54) is 5.57 Å². The van der Waals surface area contributed by atoms with Crippen LogP contribution < -0.4 is 5.73 Å². The molecule has 2 nitrogen and oxygen atoms in total. The van der Waals surface area contributed by atoms with Crippen molar-refractivity contribution < 1.29 is 4.74 Å². The van der Waals surface area contributed by atoms with Crippen molar-refractivity contribution >= 4 is 0 Å². The lowest BCUT2D eigenvalue weighted by molar-refractivity contribution is 0.0577. The van der Waals surface area contributed by atoms with E-state index >= 15 is 0 Å². The summed E-state index contributed by atoms with van der Waals surface area (Å²) >= 11 is 0. The standard InChI is InChI=1S/C10H21NO/c1-5-8(3)7-10(11)9(4)12-6-2/h5,9-10H,6-7,11H2,1-4H3/b8-5+/t9-,10+/m0/s1. The molecular formula is C10H21NO. The summed E-state index contributed by atoms with van der Waals surface area (Å²) in [6.45, 7) is 8.89. The van der Waals surface area contributed by atoms with E-state index in [4.69, 9.17) is 10.5 Å². The van der Waals surface area contributed by atoms with Crippen molar-refractivity contribution in [3.05, 3.63) is 11.6 Å². The summed E-state index contributed by atoms with van der Waals surface area (Å²) in [5.74, 6) is 0. The Labute approximate surface area is 75.8 Å². The topological polar surface area (TPSA) is 35.2 Å². The van der Waals surface area contributed by atoms with E-state index in [1.807, 2.05) is 20.8 Å². The van der Waals surface area contributed by atoms with Gasteiger partial charge in [-0.05, 0) is 34.1 Å². The van der Waals surface area contributed by atoms with Gasteiger partial charge in [0.1, 0.15) is 0 Å². The Bertz CT molecular complexity index is 143. The van der Waals surface area contributed by atoms with E-state index in [1.54, 1.807) is 0 Å². The van der Waals surface area contributed by atoms with Crippen LogP contribution in [0.3, 0.4) is 0 Å². The van der Waals surface area contributed by atoms with Gasteiger partial charge in [-0.2, -0.15) is 0 Å². The number of ether oxygens (including phenoxy) is 1. The van der Waals surface area contributed by atoms with E-state index in [9.17, 15) is 0 Å². The molecule has 2 N–H and O–H groups in total. The zero-order chi connectivity index (χ0) is 9.56. The highest BCUT2D eigenvalue weighted by Crippen LogP contribution is 2.07. The van der Waals surface area contributed by atoms with Gasteiger partial charge in [0.2, 0.25) is 0 Å². The molecule has 0 spiro atoms. The molecule has 0 saturated heterocycles. The fourth-order valence-corrected chi connectivity index (χ4v) is 1.04. The summed E-state index contributed by atoms with van der Waals surface area (Å²) in [6.07, 6.45) is 3.18. The Morgan fingerprint density at radius 3 is 2.58 bits per heavy atom. The van der Waals surface area contributed by atoms with Gasteiger partial charge >= 0.3 is 0 Å². The molecule has 0 heterocycles. The Morgan fingerprint density at radius 2 is 2.17 bits per heavy atom. The Hall–Kier alpha value is -0.340. The second-order valence-corrected chi connectivity index (χ2v) is 3.16. The van der Waals surface area contributed by atoms with E-state index in [-0.39, 0.29) is 12.1 Å². The van der Waals surface area contributed by atoms with Gasteiger partial charge in [-0.3, -0.25) is 0 Å². The lowest BCUT2D eigenvalue weighted by Gasteiger charge is -2.19. The quantitative estimate of drug-likeness (QED) is 0.643. The van der Waals surface area contributed by atoms with Gasteiger partial charge in [0.15, 0.2) is 0 Å². The van der Waals surface area contributed by atoms with E-state index in [0.29, 0.717) is 0 Å². The maximum Gasteiger partial charge on any atom is 0.0700 e. The summed E-state index contributed by atoms with van der Waals surface area (Å²) in [4.78, 5) is 0. The molecule has 0 saturated carbocycles. The first-order chi connectivity index (χ1) is 5.61. The number of allylic oxidation sites excluding steroid dienone is 1. The van der Waals surface area contributed by atoms with Crippen molar-refractivity contribution in [1.82, 2.24) is 0 Å². The molecule has 0 aromatic heterocycles. The van der Waals surface area contributed by atoms with Crippen LogP contribution in [-0.2, 0) is 4.74 Å². The highest BCUT2D eigenvalue weighted by molar-refractivity contribution is 4.99. The Balaban J connectivity index is 3.77. The fourth-order valence-electron chi connectivity index (χ4n) is 1.04. The summed E-state index contributed by atoms with van der Waals surface area (Å²) in [7, 11) is 0. The highest BCUT2D eigenvalue weighted by Gasteiger charge is 2.12. The summed E-state index contributed by atoms with van der Waals surface area (Å²) in [6, 6.07) is 0.126. The molecule has 0 amide bonds. The molecule has 2 heteroatoms. The zero-order valence-corrected chi connectivity index (χ0v) is 8.63. The average molecular weight is 171 g/mol. The first-order valence-corrected chi connectivity index (χ1v) is 4.60. The normalized spacial score (nSPS) is 17.6. The van der Waals surface area contributed by atoms with Crippen LogP contribution in [0, 0.1) is 0 Å². The van der Waals surface area contributed by atoms with Gasteiger partial charge in [0, 0.05) is 12.6 Å². The molecule has 0 aliphatic heterocycles. The lowest BCUT2D eigenvalue weighted by atomic mass is 10.0. The molecule has 12 heavy (non-hydrogen) atoms. The third-order valence-corrected chi connectivity index (χ3v) is 2.08. The maximum absolute atomic E-state index is 5.91. The van der Waals surface area contributed by atoms with Crippen LogP contribution in [0.4, 0.5) is 0 Å². The van der Waals surface area contributed by atoms with Crippen LogP contribution in [0.25, 0.3) is 0 Å². The largest absolute Gasteiger partial charge is 0.377 e. The number of nitrogens with two attached hydrogens (primary N) is 1. The molecule has 0 aromatic carbocycles. The third kappa shape index (κ3) is 4.52. The van der Waals surface area contributed by atoms with Crippen molar-refractivity contribution in [2.75, 3.05) is 6.61 Å². The van der Waals surface area contributed by atoms with Crippen molar-refractivity contribution in [2.24, 2.45) is 5.73 Å². The lowest BCUT2D eigenvalue weighted by Crippen LogP contribution is -2.34. The molecule has 0 aromatic rings. The summed E-state index contributed by atoms with van der Waals surface area (Å²) < 4.78 is 5.40. The molecular weight excluding hydrogens is 150 g/mol. The molecule has 0 bridgehead atoms. The maximum atomic E-state index is 5.91. The molecule has 0 aliphatic rings. The van der Waals surface area contributed by atoms with Crippen molar-refractivity contribution in [3.63, 3.8) is 0 Å². The van der Waals surface area contributed by atoms with E-state index in [2.05, 4.69) is 13.0 Å². The van der Waals surface area contributed by atoms with Crippen molar-refractivity contribution in [3.8, 4) is 0 Å². The smallest absolute Gasteiger partial charge is 0.0700 e. The van der Waals surface area contributed by atoms with Gasteiger partial charge in [-0.25, -0.2) is 0 Å². The van der Waals surface area contributed by atoms with Crippen molar-refractivity contribution in [2.45, 2.75) is 46.3 Å². The summed E-state index contributed by atoms with van der Waals surface area (Å²) in [5.41, 5.74) is 7.24. The van der Waals surface area contributed by atoms with Gasteiger partial charge in [-0.1, -0.05) is 11.6 Å². The van der Waals surface area contributed by atoms with Crippen LogP contribution in [0.5, 0.6) is 0 Å². The monoisotopic (exact) mass is 171 g/mol. The first-order valence-electron chi connectivity index (χ1n) is 4.60. The summed E-state index contributed by atoms with van der Waals surface area (Å²) in [5, 5.41) is 0. The third-order valence-electron chi connectivity index (χ3n) is 2.08. The highest BCUT2D eigenvalue weighted by atomic mass is 16.5. The van der Waals surface area contributed by atoms with Crippen LogP contribution >= 0.6 is 0 Å². The predicted molar refractivity (Wildman–Crippen MR) is 53.1 cm³/mol. The Kier molecular flexibility index (Phi) is 6.03. The molecule has 0 fully saturated rings. The molecule has 2 atom stereocenters. The molecule has 0 rings (SSSR count).